The summed E-state index contributed by atoms with van der Waals surface area (Å²) in [6.07, 6.45) is 8.08. The molecule has 19 heavy (non-hydrogen) atoms. The lowest BCUT2D eigenvalue weighted by Gasteiger charge is -2.20. The summed E-state index contributed by atoms with van der Waals surface area (Å²) in [6.45, 7) is 3.50. The van der Waals surface area contributed by atoms with Crippen LogP contribution in [0.15, 0.2) is 12.3 Å². The van der Waals surface area contributed by atoms with Crippen LogP contribution < -0.4 is 5.32 Å². The Labute approximate surface area is 114 Å². The lowest BCUT2D eigenvalue weighted by molar-refractivity contribution is -0.122. The van der Waals surface area contributed by atoms with Crippen LogP contribution in [-0.2, 0) is 17.9 Å². The number of aryl methyl sites for hydroxylation is 1. The minimum atomic E-state index is 0.198. The van der Waals surface area contributed by atoms with E-state index in [0.717, 1.165) is 30.5 Å². The molecule has 2 aliphatic carbocycles. The third-order valence-electron chi connectivity index (χ3n) is 4.82. The molecule has 2 saturated carbocycles. The Morgan fingerprint density at radius 1 is 1.47 bits per heavy atom. The van der Waals surface area contributed by atoms with E-state index in [1.165, 1.54) is 25.7 Å². The van der Waals surface area contributed by atoms with Crippen molar-refractivity contribution < 1.29 is 4.79 Å². The van der Waals surface area contributed by atoms with Crippen LogP contribution in [0, 0.1) is 17.8 Å². The number of aromatic nitrogens is 2. The van der Waals surface area contributed by atoms with Crippen LogP contribution in [0.1, 0.15) is 44.7 Å². The van der Waals surface area contributed by atoms with Crippen molar-refractivity contribution in [3.8, 4) is 0 Å². The number of amides is 1. The van der Waals surface area contributed by atoms with Gasteiger partial charge in [0.15, 0.2) is 0 Å². The van der Waals surface area contributed by atoms with Gasteiger partial charge in [-0.05, 0) is 50.0 Å². The number of carbonyl (C=O) groups is 1. The van der Waals surface area contributed by atoms with E-state index < -0.39 is 0 Å². The van der Waals surface area contributed by atoms with Gasteiger partial charge in [-0.25, -0.2) is 0 Å². The van der Waals surface area contributed by atoms with Crippen molar-refractivity contribution in [3.05, 3.63) is 18.0 Å². The molecule has 0 aromatic carbocycles. The van der Waals surface area contributed by atoms with Gasteiger partial charge in [0, 0.05) is 19.2 Å². The molecule has 1 N–H and O–H groups in total. The highest BCUT2D eigenvalue weighted by atomic mass is 16.1. The van der Waals surface area contributed by atoms with Crippen LogP contribution in [0.5, 0.6) is 0 Å². The van der Waals surface area contributed by atoms with E-state index in [9.17, 15) is 4.79 Å². The zero-order chi connectivity index (χ0) is 13.2. The van der Waals surface area contributed by atoms with E-state index in [2.05, 4.69) is 17.3 Å². The van der Waals surface area contributed by atoms with E-state index >= 15 is 0 Å². The molecule has 3 rings (SSSR count). The molecule has 4 heteroatoms. The maximum atomic E-state index is 12.0. The lowest BCUT2D eigenvalue weighted by Crippen LogP contribution is -2.27. The van der Waals surface area contributed by atoms with E-state index in [4.69, 9.17) is 0 Å². The monoisotopic (exact) mass is 261 g/mol. The van der Waals surface area contributed by atoms with Gasteiger partial charge in [0.05, 0.1) is 12.2 Å². The molecule has 1 heterocycles. The third kappa shape index (κ3) is 2.82. The van der Waals surface area contributed by atoms with Gasteiger partial charge < -0.3 is 5.32 Å². The van der Waals surface area contributed by atoms with E-state index in [0.29, 0.717) is 12.5 Å². The fourth-order valence-corrected chi connectivity index (χ4v) is 3.80. The fourth-order valence-electron chi connectivity index (χ4n) is 3.80. The summed E-state index contributed by atoms with van der Waals surface area (Å²) >= 11 is 0. The summed E-state index contributed by atoms with van der Waals surface area (Å²) in [6, 6.07) is 1.97. The summed E-state index contributed by atoms with van der Waals surface area (Å²) in [5, 5.41) is 7.38. The molecule has 3 unspecified atom stereocenters. The maximum Gasteiger partial charge on any atom is 0.220 e. The van der Waals surface area contributed by atoms with Crippen LogP contribution in [0.2, 0.25) is 0 Å². The second-order valence-electron chi connectivity index (χ2n) is 6.08. The number of nitrogens with one attached hydrogen (secondary N) is 1. The van der Waals surface area contributed by atoms with Gasteiger partial charge in [-0.15, -0.1) is 0 Å². The Balaban J connectivity index is 1.44. The summed E-state index contributed by atoms with van der Waals surface area (Å²) < 4.78 is 1.89. The second kappa shape index (κ2) is 5.35. The molecule has 0 radical (unpaired) electrons. The first-order valence-corrected chi connectivity index (χ1v) is 7.53. The van der Waals surface area contributed by atoms with Crippen molar-refractivity contribution in [3.63, 3.8) is 0 Å². The van der Waals surface area contributed by atoms with Gasteiger partial charge in [0.1, 0.15) is 0 Å². The number of fused-ring (bicyclic) bond motifs is 2. The van der Waals surface area contributed by atoms with E-state index in [1.54, 1.807) is 0 Å². The SMILES string of the molecule is CCn1ccc(CNC(=O)CC2CC3CCC2C3)n1. The van der Waals surface area contributed by atoms with Gasteiger partial charge in [-0.1, -0.05) is 6.42 Å². The molecule has 1 aromatic heterocycles. The number of carbonyl (C=O) groups excluding carboxylic acids is 1. The molecule has 2 aliphatic rings. The third-order valence-corrected chi connectivity index (χ3v) is 4.82. The Bertz CT molecular complexity index is 454. The highest BCUT2D eigenvalue weighted by Gasteiger charge is 2.39. The molecular weight excluding hydrogens is 238 g/mol. The Morgan fingerprint density at radius 2 is 2.37 bits per heavy atom. The summed E-state index contributed by atoms with van der Waals surface area (Å²) in [7, 11) is 0. The predicted octanol–water partition coefficient (Wildman–Crippen LogP) is 2.35. The second-order valence-corrected chi connectivity index (χ2v) is 6.08. The smallest absolute Gasteiger partial charge is 0.220 e. The first-order valence-electron chi connectivity index (χ1n) is 7.53. The Hall–Kier alpha value is -1.32. The topological polar surface area (TPSA) is 46.9 Å². The van der Waals surface area contributed by atoms with Gasteiger partial charge in [-0.2, -0.15) is 5.10 Å². The molecule has 1 amide bonds. The predicted molar refractivity (Wildman–Crippen MR) is 73.3 cm³/mol. The van der Waals surface area contributed by atoms with Gasteiger partial charge in [-0.3, -0.25) is 9.48 Å². The quantitative estimate of drug-likeness (QED) is 0.884. The molecule has 2 bridgehead atoms. The average Bonchev–Trinajstić information content (AvgIpc) is 3.12. The van der Waals surface area contributed by atoms with Crippen molar-refractivity contribution in [2.45, 2.75) is 52.1 Å². The number of hydrogen-bond acceptors (Lipinski definition) is 2. The zero-order valence-electron chi connectivity index (χ0n) is 11.6. The van der Waals surface area contributed by atoms with Gasteiger partial charge in [0.25, 0.3) is 0 Å². The summed E-state index contributed by atoms with van der Waals surface area (Å²) in [4.78, 5) is 12.0. The van der Waals surface area contributed by atoms with Crippen LogP contribution in [0.3, 0.4) is 0 Å². The standard InChI is InChI=1S/C15H23N3O/c1-2-18-6-5-14(17-18)10-16-15(19)9-13-8-11-3-4-12(13)7-11/h5-6,11-13H,2-4,7-10H2,1H3,(H,16,19). The minimum absolute atomic E-state index is 0.198. The molecule has 0 spiro atoms. The molecule has 0 aliphatic heterocycles. The first kappa shape index (κ1) is 12.7. The number of hydrogen-bond donors (Lipinski definition) is 1. The normalized spacial score (nSPS) is 28.8. The summed E-state index contributed by atoms with van der Waals surface area (Å²) in [5.74, 6) is 2.59. The van der Waals surface area contributed by atoms with Crippen molar-refractivity contribution in [2.75, 3.05) is 0 Å². The van der Waals surface area contributed by atoms with Gasteiger partial charge in [0.2, 0.25) is 5.91 Å². The van der Waals surface area contributed by atoms with Crippen molar-refractivity contribution >= 4 is 5.91 Å². The molecule has 1 aromatic rings. The minimum Gasteiger partial charge on any atom is -0.350 e. The maximum absolute atomic E-state index is 12.0. The van der Waals surface area contributed by atoms with Crippen LogP contribution in [0.4, 0.5) is 0 Å². The Kier molecular flexibility index (Phi) is 3.58. The molecule has 3 atom stereocenters. The molecule has 0 saturated heterocycles. The Morgan fingerprint density at radius 3 is 3.00 bits per heavy atom. The molecule has 2 fully saturated rings. The van der Waals surface area contributed by atoms with Crippen LogP contribution in [0.25, 0.3) is 0 Å². The highest BCUT2D eigenvalue weighted by Crippen LogP contribution is 2.49. The average molecular weight is 261 g/mol. The highest BCUT2D eigenvalue weighted by molar-refractivity contribution is 5.76. The largest absolute Gasteiger partial charge is 0.350 e. The molecular formula is C15H23N3O. The zero-order valence-corrected chi connectivity index (χ0v) is 11.6. The number of rotatable bonds is 5. The van der Waals surface area contributed by atoms with E-state index in [1.807, 2.05) is 16.9 Å². The first-order chi connectivity index (χ1) is 9.24. The summed E-state index contributed by atoms with van der Waals surface area (Å²) in [5.41, 5.74) is 0.947. The van der Waals surface area contributed by atoms with Crippen molar-refractivity contribution in [2.24, 2.45) is 17.8 Å². The molecule has 4 nitrogen and oxygen atoms in total. The van der Waals surface area contributed by atoms with Crippen molar-refractivity contribution in [1.29, 1.82) is 0 Å². The lowest BCUT2D eigenvalue weighted by atomic mass is 9.86. The molecule has 104 valence electrons. The number of nitrogens with zero attached hydrogens (tertiary/aromatic N) is 2. The van der Waals surface area contributed by atoms with Crippen molar-refractivity contribution in [1.82, 2.24) is 15.1 Å². The van der Waals surface area contributed by atoms with Crippen LogP contribution >= 0.6 is 0 Å². The fraction of sp³-hybridized carbons (Fsp3) is 0.733. The van der Waals surface area contributed by atoms with Crippen LogP contribution in [-0.4, -0.2) is 15.7 Å². The van der Waals surface area contributed by atoms with E-state index in [-0.39, 0.29) is 5.91 Å². The van der Waals surface area contributed by atoms with Gasteiger partial charge >= 0.3 is 0 Å².